The second-order valence-electron chi connectivity index (χ2n) is 6.08. The van der Waals surface area contributed by atoms with Crippen molar-refractivity contribution in [2.75, 3.05) is 29.0 Å². The van der Waals surface area contributed by atoms with Crippen molar-refractivity contribution in [3.05, 3.63) is 40.4 Å². The van der Waals surface area contributed by atoms with Gasteiger partial charge in [0, 0.05) is 23.8 Å². The van der Waals surface area contributed by atoms with E-state index in [1.807, 2.05) is 0 Å². The molecule has 11 heteroatoms. The number of anilines is 3. The fraction of sp³-hybridized carbons (Fsp3) is 0.294. The number of alkyl halides is 4. The normalized spacial score (nSPS) is 16.9. The van der Waals surface area contributed by atoms with Gasteiger partial charge in [0.1, 0.15) is 23.6 Å². The summed E-state index contributed by atoms with van der Waals surface area (Å²) in [5.74, 6) is -0.251. The number of hydrogen-bond donors (Lipinski definition) is 2. The molecule has 150 valence electrons. The van der Waals surface area contributed by atoms with E-state index in [0.29, 0.717) is 28.9 Å². The highest BCUT2D eigenvalue weighted by Gasteiger charge is 2.28. The molecule has 28 heavy (non-hydrogen) atoms. The second kappa shape index (κ2) is 8.04. The number of nitrogens with zero attached hydrogens (tertiary/aromatic N) is 2. The molecule has 1 saturated heterocycles. The molecule has 0 unspecified atom stereocenters. The van der Waals surface area contributed by atoms with Crippen LogP contribution in [0.1, 0.15) is 16.8 Å². The van der Waals surface area contributed by atoms with E-state index in [4.69, 9.17) is 17.3 Å². The van der Waals surface area contributed by atoms with Gasteiger partial charge in [0.25, 0.3) is 5.91 Å². The Labute approximate surface area is 171 Å². The molecule has 0 bridgehead atoms. The van der Waals surface area contributed by atoms with Crippen molar-refractivity contribution in [1.82, 2.24) is 4.98 Å². The van der Waals surface area contributed by atoms with Crippen LogP contribution in [0.15, 0.2) is 34.8 Å². The maximum Gasteiger partial charge on any atom is 0.487 e. The number of pyridine rings is 1. The molecule has 0 spiro atoms. The fourth-order valence-electron chi connectivity index (χ4n) is 2.74. The lowest BCUT2D eigenvalue weighted by Crippen LogP contribution is -2.23. The standard InChI is InChI=1S/C17H15BrClF3N4O2/c18-13-7-12(14(23)25-15(13)26-6-5-9(20)8-26)16(27)24-10-1-3-11(4-2-10)28-17(19,21)22/h1-4,7,9H,5-6,8H2,(H2,23,25)(H,24,27)/t9-/m1/s1. The zero-order valence-corrected chi connectivity index (χ0v) is 16.6. The third kappa shape index (κ3) is 4.99. The van der Waals surface area contributed by atoms with Gasteiger partial charge < -0.3 is 20.7 Å². The van der Waals surface area contributed by atoms with Gasteiger partial charge in [-0.1, -0.05) is 0 Å². The number of benzene rings is 1. The quantitative estimate of drug-likeness (QED) is 0.622. The SMILES string of the molecule is Nc1nc(N2CC[C@@H](F)C2)c(Br)cc1C(=O)Nc1ccc(OC(F)(F)Cl)cc1. The molecule has 1 amide bonds. The second-order valence-corrected chi connectivity index (χ2v) is 7.38. The van der Waals surface area contributed by atoms with Gasteiger partial charge in [-0.05, 0) is 52.7 Å². The highest BCUT2D eigenvalue weighted by atomic mass is 79.9. The van der Waals surface area contributed by atoms with E-state index in [0.717, 1.165) is 0 Å². The molecule has 0 saturated carbocycles. The first-order chi connectivity index (χ1) is 13.1. The lowest BCUT2D eigenvalue weighted by Gasteiger charge is -2.19. The Balaban J connectivity index is 1.73. The number of nitrogens with two attached hydrogens (primary N) is 1. The van der Waals surface area contributed by atoms with Crippen LogP contribution in [0.4, 0.5) is 30.5 Å². The van der Waals surface area contributed by atoms with Gasteiger partial charge in [-0.15, -0.1) is 8.78 Å². The third-order valence-electron chi connectivity index (χ3n) is 4.01. The summed E-state index contributed by atoms with van der Waals surface area (Å²) in [5.41, 5.74) is 2.53. The molecule has 6 nitrogen and oxygen atoms in total. The number of carbonyl (C=O) groups is 1. The molecular weight excluding hydrogens is 465 g/mol. The molecule has 1 fully saturated rings. The minimum absolute atomic E-state index is 0.0141. The van der Waals surface area contributed by atoms with Crippen LogP contribution in [0.3, 0.4) is 0 Å². The van der Waals surface area contributed by atoms with Crippen molar-refractivity contribution in [3.63, 3.8) is 0 Å². The number of ether oxygens (including phenoxy) is 1. The monoisotopic (exact) mass is 478 g/mol. The molecule has 2 heterocycles. The van der Waals surface area contributed by atoms with Crippen LogP contribution in [0, 0.1) is 0 Å². The van der Waals surface area contributed by atoms with E-state index in [1.165, 1.54) is 30.3 Å². The summed E-state index contributed by atoms with van der Waals surface area (Å²) in [7, 11) is 0. The summed E-state index contributed by atoms with van der Waals surface area (Å²) in [6.07, 6.45) is -0.519. The van der Waals surface area contributed by atoms with Gasteiger partial charge in [0.2, 0.25) is 0 Å². The minimum Gasteiger partial charge on any atom is -0.420 e. The fourth-order valence-corrected chi connectivity index (χ4v) is 3.40. The van der Waals surface area contributed by atoms with E-state index in [-0.39, 0.29) is 23.7 Å². The Morgan fingerprint density at radius 3 is 2.64 bits per heavy atom. The van der Waals surface area contributed by atoms with E-state index < -0.39 is 17.6 Å². The predicted molar refractivity (Wildman–Crippen MR) is 104 cm³/mol. The van der Waals surface area contributed by atoms with Gasteiger partial charge in [-0.3, -0.25) is 4.79 Å². The van der Waals surface area contributed by atoms with Crippen LogP contribution in [-0.2, 0) is 0 Å². The van der Waals surface area contributed by atoms with Gasteiger partial charge in [0.15, 0.2) is 0 Å². The largest absolute Gasteiger partial charge is 0.487 e. The van der Waals surface area contributed by atoms with Crippen LogP contribution in [0.25, 0.3) is 0 Å². The smallest absolute Gasteiger partial charge is 0.420 e. The zero-order valence-electron chi connectivity index (χ0n) is 14.3. The van der Waals surface area contributed by atoms with Crippen LogP contribution in [-0.4, -0.2) is 35.7 Å². The summed E-state index contributed by atoms with van der Waals surface area (Å²) in [5, 5.41) is 2.58. The van der Waals surface area contributed by atoms with E-state index in [1.54, 1.807) is 4.90 Å². The molecule has 3 rings (SSSR count). The number of halogens is 5. The Morgan fingerprint density at radius 2 is 2.07 bits per heavy atom. The predicted octanol–water partition coefficient (Wildman–Crippen LogP) is 4.39. The highest BCUT2D eigenvalue weighted by Crippen LogP contribution is 2.31. The van der Waals surface area contributed by atoms with Crippen molar-refractivity contribution >= 4 is 50.8 Å². The summed E-state index contributed by atoms with van der Waals surface area (Å²) < 4.78 is 43.4. The van der Waals surface area contributed by atoms with Crippen molar-refractivity contribution in [2.24, 2.45) is 0 Å². The van der Waals surface area contributed by atoms with Crippen LogP contribution in [0.2, 0.25) is 0 Å². The Hall–Kier alpha value is -2.20. The Morgan fingerprint density at radius 1 is 1.39 bits per heavy atom. The zero-order chi connectivity index (χ0) is 20.5. The molecule has 1 aliphatic rings. The summed E-state index contributed by atoms with van der Waals surface area (Å²) in [6, 6.07) is 6.70. The third-order valence-corrected chi connectivity index (χ3v) is 4.67. The van der Waals surface area contributed by atoms with Gasteiger partial charge in [-0.2, -0.15) is 0 Å². The molecule has 2 aromatic rings. The average Bonchev–Trinajstić information content (AvgIpc) is 3.03. The van der Waals surface area contributed by atoms with Crippen molar-refractivity contribution in [1.29, 1.82) is 0 Å². The maximum absolute atomic E-state index is 13.4. The van der Waals surface area contributed by atoms with Crippen molar-refractivity contribution < 1.29 is 22.7 Å². The minimum atomic E-state index is -3.82. The summed E-state index contributed by atoms with van der Waals surface area (Å²) in [4.78, 5) is 18.5. The molecule has 1 aromatic carbocycles. The molecule has 3 N–H and O–H groups in total. The highest BCUT2D eigenvalue weighted by molar-refractivity contribution is 9.10. The molecular formula is C17H15BrClF3N4O2. The van der Waals surface area contributed by atoms with Crippen LogP contribution >= 0.6 is 27.5 Å². The summed E-state index contributed by atoms with van der Waals surface area (Å²) >= 11 is 8.04. The molecule has 1 atom stereocenters. The lowest BCUT2D eigenvalue weighted by atomic mass is 10.2. The average molecular weight is 480 g/mol. The number of carbonyl (C=O) groups excluding carboxylic acids is 1. The number of hydrogen-bond acceptors (Lipinski definition) is 5. The maximum atomic E-state index is 13.4. The number of rotatable bonds is 5. The first-order valence-corrected chi connectivity index (χ1v) is 9.31. The molecule has 0 aliphatic carbocycles. The van der Waals surface area contributed by atoms with E-state index in [2.05, 4.69) is 31.0 Å². The Kier molecular flexibility index (Phi) is 5.90. The number of nitrogen functional groups attached to an aromatic ring is 1. The topological polar surface area (TPSA) is 80.5 Å². The first-order valence-electron chi connectivity index (χ1n) is 8.14. The van der Waals surface area contributed by atoms with Gasteiger partial charge >= 0.3 is 5.57 Å². The first kappa shape index (κ1) is 20.5. The van der Waals surface area contributed by atoms with Gasteiger partial charge in [-0.25, -0.2) is 9.37 Å². The molecule has 0 radical (unpaired) electrons. The summed E-state index contributed by atoms with van der Waals surface area (Å²) in [6.45, 7) is 0.722. The number of amides is 1. The van der Waals surface area contributed by atoms with Crippen LogP contribution in [0.5, 0.6) is 5.75 Å². The van der Waals surface area contributed by atoms with Gasteiger partial charge in [0.05, 0.1) is 16.6 Å². The molecule has 1 aromatic heterocycles. The van der Waals surface area contributed by atoms with E-state index >= 15 is 0 Å². The van der Waals surface area contributed by atoms with Crippen LogP contribution < -0.4 is 20.7 Å². The Bertz CT molecular complexity index is 880. The molecule has 1 aliphatic heterocycles. The van der Waals surface area contributed by atoms with E-state index in [9.17, 15) is 18.0 Å². The van der Waals surface area contributed by atoms with Crippen molar-refractivity contribution in [3.8, 4) is 5.75 Å². The number of aromatic nitrogens is 1. The number of nitrogens with one attached hydrogen (secondary N) is 1. The lowest BCUT2D eigenvalue weighted by molar-refractivity contribution is -0.0964. The van der Waals surface area contributed by atoms with Crippen molar-refractivity contribution in [2.45, 2.75) is 18.2 Å².